The van der Waals surface area contributed by atoms with Crippen LogP contribution >= 0.6 is 0 Å². The number of aliphatic hydroxyl groups excluding tert-OH is 1. The van der Waals surface area contributed by atoms with Crippen molar-refractivity contribution in [3.05, 3.63) is 64.7 Å². The molecule has 3 rings (SSSR count). The molecule has 0 radical (unpaired) electrons. The number of rotatable bonds is 2. The van der Waals surface area contributed by atoms with Crippen LogP contribution in [0.5, 0.6) is 0 Å². The molecule has 108 valence electrons. The largest absolute Gasteiger partial charge is 0.384 e. The Kier molecular flexibility index (Phi) is 3.43. The van der Waals surface area contributed by atoms with Gasteiger partial charge in [-0.25, -0.2) is 8.78 Å². The van der Waals surface area contributed by atoms with Gasteiger partial charge in [0.1, 0.15) is 17.7 Å². The number of hydrogen-bond donors (Lipinski definition) is 2. The van der Waals surface area contributed by atoms with Gasteiger partial charge in [-0.05, 0) is 41.8 Å². The quantitative estimate of drug-likeness (QED) is 0.893. The van der Waals surface area contributed by atoms with E-state index in [0.29, 0.717) is 18.5 Å². The first-order chi connectivity index (χ1) is 10.0. The Morgan fingerprint density at radius 2 is 1.95 bits per heavy atom. The van der Waals surface area contributed by atoms with Crippen molar-refractivity contribution in [3.63, 3.8) is 0 Å². The number of anilines is 1. The lowest BCUT2D eigenvalue weighted by molar-refractivity contribution is -0.116. The van der Waals surface area contributed by atoms with Crippen molar-refractivity contribution in [2.75, 3.05) is 5.32 Å². The van der Waals surface area contributed by atoms with E-state index in [1.165, 1.54) is 36.4 Å². The van der Waals surface area contributed by atoms with E-state index in [4.69, 9.17) is 0 Å². The minimum absolute atomic E-state index is 0.0792. The van der Waals surface area contributed by atoms with Crippen LogP contribution in [0.25, 0.3) is 0 Å². The Labute approximate surface area is 120 Å². The van der Waals surface area contributed by atoms with Gasteiger partial charge in [0.15, 0.2) is 0 Å². The smallest absolute Gasteiger partial charge is 0.224 e. The predicted molar refractivity (Wildman–Crippen MR) is 73.8 cm³/mol. The number of hydrogen-bond acceptors (Lipinski definition) is 2. The highest BCUT2D eigenvalue weighted by Crippen LogP contribution is 2.31. The monoisotopic (exact) mass is 289 g/mol. The van der Waals surface area contributed by atoms with Crippen LogP contribution in [-0.2, 0) is 11.2 Å². The maximum Gasteiger partial charge on any atom is 0.224 e. The second-order valence-corrected chi connectivity index (χ2v) is 5.04. The normalized spacial score (nSPS) is 15.3. The fourth-order valence-corrected chi connectivity index (χ4v) is 2.49. The summed E-state index contributed by atoms with van der Waals surface area (Å²) in [5, 5.41) is 12.9. The lowest BCUT2D eigenvalue weighted by atomic mass is 9.95. The molecule has 2 aromatic carbocycles. The molecule has 1 atom stereocenters. The van der Waals surface area contributed by atoms with Crippen LogP contribution in [0, 0.1) is 11.6 Å². The molecule has 1 heterocycles. The second kappa shape index (κ2) is 5.26. The van der Waals surface area contributed by atoms with Gasteiger partial charge in [-0.1, -0.05) is 12.1 Å². The van der Waals surface area contributed by atoms with E-state index < -0.39 is 17.7 Å². The van der Waals surface area contributed by atoms with Gasteiger partial charge in [-0.3, -0.25) is 4.79 Å². The lowest BCUT2D eigenvalue weighted by Gasteiger charge is -2.20. The van der Waals surface area contributed by atoms with Gasteiger partial charge in [-0.15, -0.1) is 0 Å². The van der Waals surface area contributed by atoms with E-state index in [2.05, 4.69) is 5.32 Å². The summed E-state index contributed by atoms with van der Waals surface area (Å²) in [5.41, 5.74) is 1.56. The van der Waals surface area contributed by atoms with E-state index in [-0.39, 0.29) is 17.0 Å². The van der Waals surface area contributed by atoms with E-state index in [1.54, 1.807) is 0 Å². The van der Waals surface area contributed by atoms with Crippen LogP contribution in [0.15, 0.2) is 36.4 Å². The number of fused-ring (bicyclic) bond motifs is 1. The first-order valence-electron chi connectivity index (χ1n) is 6.60. The highest BCUT2D eigenvalue weighted by molar-refractivity contribution is 5.93. The molecule has 0 bridgehead atoms. The predicted octanol–water partition coefficient (Wildman–Crippen LogP) is 2.93. The molecular weight excluding hydrogens is 276 g/mol. The molecule has 5 heteroatoms. The van der Waals surface area contributed by atoms with E-state index in [1.807, 2.05) is 0 Å². The molecule has 2 N–H and O–H groups in total. The zero-order valence-corrected chi connectivity index (χ0v) is 11.1. The molecule has 0 aliphatic carbocycles. The Balaban J connectivity index is 2.01. The summed E-state index contributed by atoms with van der Waals surface area (Å²) in [4.78, 5) is 11.3. The molecule has 3 nitrogen and oxygen atoms in total. The third kappa shape index (κ3) is 2.64. The number of aliphatic hydroxyl groups is 1. The van der Waals surface area contributed by atoms with E-state index in [9.17, 15) is 18.7 Å². The molecule has 2 aromatic rings. The molecule has 0 fully saturated rings. The molecule has 1 unspecified atom stereocenters. The molecule has 0 spiro atoms. The lowest BCUT2D eigenvalue weighted by Crippen LogP contribution is -2.20. The van der Waals surface area contributed by atoms with Crippen molar-refractivity contribution in [2.45, 2.75) is 18.9 Å². The summed E-state index contributed by atoms with van der Waals surface area (Å²) in [7, 11) is 0. The van der Waals surface area contributed by atoms with Crippen molar-refractivity contribution in [1.29, 1.82) is 0 Å². The number of benzene rings is 2. The molecule has 1 amide bonds. The molecule has 1 aliphatic rings. The third-order valence-corrected chi connectivity index (χ3v) is 3.58. The number of carbonyl (C=O) groups excluding carboxylic acids is 1. The number of amides is 1. The van der Waals surface area contributed by atoms with Crippen molar-refractivity contribution in [2.24, 2.45) is 0 Å². The first kappa shape index (κ1) is 13.7. The van der Waals surface area contributed by atoms with Gasteiger partial charge in [0.25, 0.3) is 0 Å². The summed E-state index contributed by atoms with van der Waals surface area (Å²) < 4.78 is 27.3. The van der Waals surface area contributed by atoms with Gasteiger partial charge in [0.2, 0.25) is 5.91 Å². The zero-order chi connectivity index (χ0) is 15.0. The van der Waals surface area contributed by atoms with Gasteiger partial charge in [0, 0.05) is 17.7 Å². The zero-order valence-electron chi connectivity index (χ0n) is 11.1. The van der Waals surface area contributed by atoms with Crippen LogP contribution in [0.3, 0.4) is 0 Å². The van der Waals surface area contributed by atoms with Gasteiger partial charge in [-0.2, -0.15) is 0 Å². The minimum Gasteiger partial charge on any atom is -0.384 e. The van der Waals surface area contributed by atoms with Crippen molar-refractivity contribution in [3.8, 4) is 0 Å². The number of halogens is 2. The highest BCUT2D eigenvalue weighted by atomic mass is 19.1. The van der Waals surface area contributed by atoms with Crippen LogP contribution in [0.4, 0.5) is 14.5 Å². The standard InChI is InChI=1S/C16H13F2NO2/c17-11-3-1-2-10(6-11)16(21)12-7-9-4-5-15(20)19-14(9)8-13(12)18/h1-3,6-8,16,21H,4-5H2,(H,19,20). The topological polar surface area (TPSA) is 49.3 Å². The van der Waals surface area contributed by atoms with Gasteiger partial charge >= 0.3 is 0 Å². The highest BCUT2D eigenvalue weighted by Gasteiger charge is 2.21. The summed E-state index contributed by atoms with van der Waals surface area (Å²) >= 11 is 0. The first-order valence-corrected chi connectivity index (χ1v) is 6.60. The molecule has 21 heavy (non-hydrogen) atoms. The summed E-state index contributed by atoms with van der Waals surface area (Å²) in [6.07, 6.45) is -0.429. The Bertz CT molecular complexity index is 715. The summed E-state index contributed by atoms with van der Waals surface area (Å²) in [6, 6.07) is 8.16. The maximum absolute atomic E-state index is 14.1. The minimum atomic E-state index is -1.25. The summed E-state index contributed by atoms with van der Waals surface area (Å²) in [6.45, 7) is 0. The Morgan fingerprint density at radius 1 is 1.14 bits per heavy atom. The molecular formula is C16H13F2NO2. The van der Waals surface area contributed by atoms with Crippen LogP contribution in [-0.4, -0.2) is 11.0 Å². The van der Waals surface area contributed by atoms with E-state index >= 15 is 0 Å². The van der Waals surface area contributed by atoms with Crippen molar-refractivity contribution >= 4 is 11.6 Å². The fourth-order valence-electron chi connectivity index (χ4n) is 2.49. The van der Waals surface area contributed by atoms with Crippen LogP contribution in [0.1, 0.15) is 29.2 Å². The Hall–Kier alpha value is -2.27. The average Bonchev–Trinajstić information content (AvgIpc) is 2.45. The van der Waals surface area contributed by atoms with Gasteiger partial charge in [0.05, 0.1) is 0 Å². The second-order valence-electron chi connectivity index (χ2n) is 5.04. The van der Waals surface area contributed by atoms with E-state index in [0.717, 1.165) is 5.56 Å². The third-order valence-electron chi connectivity index (χ3n) is 3.58. The number of nitrogens with one attached hydrogen (secondary N) is 1. The average molecular weight is 289 g/mol. The molecule has 0 aromatic heterocycles. The number of aryl methyl sites for hydroxylation is 1. The van der Waals surface area contributed by atoms with Gasteiger partial charge < -0.3 is 10.4 Å². The molecule has 0 saturated heterocycles. The SMILES string of the molecule is O=C1CCc2cc(C(O)c3cccc(F)c3)c(F)cc2N1. The fraction of sp³-hybridized carbons (Fsp3) is 0.188. The van der Waals surface area contributed by atoms with Crippen LogP contribution < -0.4 is 5.32 Å². The molecule has 0 saturated carbocycles. The van der Waals surface area contributed by atoms with Crippen molar-refractivity contribution < 1.29 is 18.7 Å². The Morgan fingerprint density at radius 3 is 2.71 bits per heavy atom. The molecule has 1 aliphatic heterocycles. The van der Waals surface area contributed by atoms with Crippen LogP contribution in [0.2, 0.25) is 0 Å². The number of carbonyl (C=O) groups is 1. The maximum atomic E-state index is 14.1. The van der Waals surface area contributed by atoms with Crippen molar-refractivity contribution in [1.82, 2.24) is 0 Å². The summed E-state index contributed by atoms with van der Waals surface area (Å²) in [5.74, 6) is -1.27.